The van der Waals surface area contributed by atoms with Crippen LogP contribution in [0.2, 0.25) is 0 Å². The summed E-state index contributed by atoms with van der Waals surface area (Å²) in [5.74, 6) is -0.955. The fourth-order valence-corrected chi connectivity index (χ4v) is 4.19. The molecule has 4 rings (SSSR count). The second-order valence-electron chi connectivity index (χ2n) is 8.49. The number of nitrogens with one attached hydrogen (secondary N) is 2. The molecule has 2 fully saturated rings. The minimum Gasteiger partial charge on any atom is -0.383 e. The zero-order chi connectivity index (χ0) is 23.0. The Kier molecular flexibility index (Phi) is 5.58. The SMILES string of the molecule is C=C(/C=C\n1ncc(C(=O)NC(=N)C2CC2)c1N)N1CCC[C@]1(C)c1cc(F)ccc1F. The number of rotatable bonds is 6. The van der Waals surface area contributed by atoms with Crippen LogP contribution in [0, 0.1) is 23.0 Å². The monoisotopic (exact) mass is 440 g/mol. The zero-order valence-corrected chi connectivity index (χ0v) is 17.9. The number of anilines is 1. The molecular formula is C23H26F2N6O. The van der Waals surface area contributed by atoms with Gasteiger partial charge in [0, 0.05) is 29.9 Å². The van der Waals surface area contributed by atoms with Crippen LogP contribution in [-0.4, -0.2) is 33.0 Å². The maximum Gasteiger partial charge on any atom is 0.261 e. The molecule has 0 unspecified atom stereocenters. The maximum absolute atomic E-state index is 14.5. The van der Waals surface area contributed by atoms with E-state index >= 15 is 0 Å². The lowest BCUT2D eigenvalue weighted by molar-refractivity contribution is 0.0976. The van der Waals surface area contributed by atoms with Crippen molar-refractivity contribution in [2.75, 3.05) is 12.3 Å². The first-order valence-corrected chi connectivity index (χ1v) is 10.5. The number of carbonyl (C=O) groups excluding carboxylic acids is 1. The predicted octanol–water partition coefficient (Wildman–Crippen LogP) is 3.86. The normalized spacial score (nSPS) is 20.7. The number of amides is 1. The van der Waals surface area contributed by atoms with Crippen molar-refractivity contribution in [2.45, 2.75) is 38.1 Å². The predicted molar refractivity (Wildman–Crippen MR) is 119 cm³/mol. The molecule has 2 aromatic rings. The lowest BCUT2D eigenvalue weighted by atomic mass is 9.88. The number of carbonyl (C=O) groups is 1. The summed E-state index contributed by atoms with van der Waals surface area (Å²) in [6, 6.07) is 3.49. The molecule has 1 saturated heterocycles. The molecule has 0 spiro atoms. The van der Waals surface area contributed by atoms with Gasteiger partial charge in [0.15, 0.2) is 0 Å². The Morgan fingerprint density at radius 3 is 2.88 bits per heavy atom. The van der Waals surface area contributed by atoms with E-state index in [2.05, 4.69) is 17.0 Å². The highest BCUT2D eigenvalue weighted by molar-refractivity contribution is 6.08. The number of likely N-dealkylation sites (tertiary alicyclic amines) is 1. The maximum atomic E-state index is 14.5. The van der Waals surface area contributed by atoms with Crippen molar-refractivity contribution in [1.29, 1.82) is 5.41 Å². The van der Waals surface area contributed by atoms with E-state index in [4.69, 9.17) is 11.1 Å². The zero-order valence-electron chi connectivity index (χ0n) is 17.9. The Balaban J connectivity index is 1.50. The first kappa shape index (κ1) is 21.7. The third-order valence-corrected chi connectivity index (χ3v) is 6.22. The van der Waals surface area contributed by atoms with Crippen LogP contribution in [0.3, 0.4) is 0 Å². The van der Waals surface area contributed by atoms with E-state index in [0.29, 0.717) is 24.2 Å². The Hall–Kier alpha value is -3.49. The van der Waals surface area contributed by atoms with Gasteiger partial charge in [-0.3, -0.25) is 10.2 Å². The van der Waals surface area contributed by atoms with E-state index in [-0.39, 0.29) is 23.1 Å². The largest absolute Gasteiger partial charge is 0.383 e. The van der Waals surface area contributed by atoms with Crippen molar-refractivity contribution in [3.8, 4) is 0 Å². The molecule has 168 valence electrons. The van der Waals surface area contributed by atoms with Gasteiger partial charge in [-0.05, 0) is 56.9 Å². The first-order chi connectivity index (χ1) is 15.2. The van der Waals surface area contributed by atoms with Gasteiger partial charge in [-0.25, -0.2) is 13.5 Å². The third-order valence-electron chi connectivity index (χ3n) is 6.22. The Labute approximate surface area is 185 Å². The number of amidine groups is 1. The van der Waals surface area contributed by atoms with Crippen molar-refractivity contribution >= 4 is 23.8 Å². The highest BCUT2D eigenvalue weighted by Crippen LogP contribution is 2.42. The van der Waals surface area contributed by atoms with E-state index in [0.717, 1.165) is 31.4 Å². The van der Waals surface area contributed by atoms with Crippen LogP contribution in [0.25, 0.3) is 6.20 Å². The number of nitrogens with zero attached hydrogens (tertiary/aromatic N) is 3. The molecule has 1 aromatic carbocycles. The van der Waals surface area contributed by atoms with Crippen LogP contribution < -0.4 is 11.1 Å². The average molecular weight is 440 g/mol. The minimum absolute atomic E-state index is 0.121. The van der Waals surface area contributed by atoms with Crippen molar-refractivity contribution < 1.29 is 13.6 Å². The van der Waals surface area contributed by atoms with Gasteiger partial charge in [-0.1, -0.05) is 6.58 Å². The topological polar surface area (TPSA) is 100 Å². The van der Waals surface area contributed by atoms with Gasteiger partial charge in [0.25, 0.3) is 5.91 Å². The third kappa shape index (κ3) is 4.02. The van der Waals surface area contributed by atoms with E-state index in [1.54, 1.807) is 12.3 Å². The summed E-state index contributed by atoms with van der Waals surface area (Å²) in [6.45, 7) is 6.61. The number of hydrogen-bond acceptors (Lipinski definition) is 5. The summed E-state index contributed by atoms with van der Waals surface area (Å²) in [7, 11) is 0. The Bertz CT molecular complexity index is 1120. The lowest BCUT2D eigenvalue weighted by Gasteiger charge is -2.38. The molecular weight excluding hydrogens is 414 g/mol. The van der Waals surface area contributed by atoms with Gasteiger partial charge in [0.05, 0.1) is 11.7 Å². The molecule has 1 saturated carbocycles. The summed E-state index contributed by atoms with van der Waals surface area (Å²) in [5.41, 5.74) is 6.40. The van der Waals surface area contributed by atoms with Gasteiger partial charge < -0.3 is 16.0 Å². The summed E-state index contributed by atoms with van der Waals surface area (Å²) < 4.78 is 29.7. The summed E-state index contributed by atoms with van der Waals surface area (Å²) >= 11 is 0. The molecule has 1 aliphatic carbocycles. The molecule has 9 heteroatoms. The Morgan fingerprint density at radius 2 is 2.16 bits per heavy atom. The molecule has 32 heavy (non-hydrogen) atoms. The van der Waals surface area contributed by atoms with Crippen LogP contribution in [0.5, 0.6) is 0 Å². The van der Waals surface area contributed by atoms with Gasteiger partial charge in [0.1, 0.15) is 28.9 Å². The molecule has 0 bridgehead atoms. The number of aromatic nitrogens is 2. The molecule has 7 nitrogen and oxygen atoms in total. The van der Waals surface area contributed by atoms with Crippen LogP contribution in [0.1, 0.15) is 48.5 Å². The molecule has 2 aliphatic rings. The first-order valence-electron chi connectivity index (χ1n) is 10.5. The van der Waals surface area contributed by atoms with Crippen molar-refractivity contribution in [3.05, 3.63) is 65.5 Å². The molecule has 1 aliphatic heterocycles. The lowest BCUT2D eigenvalue weighted by Crippen LogP contribution is -2.38. The second-order valence-corrected chi connectivity index (χ2v) is 8.49. The fraction of sp³-hybridized carbons (Fsp3) is 0.348. The number of halogens is 2. The van der Waals surface area contributed by atoms with Crippen LogP contribution >= 0.6 is 0 Å². The smallest absolute Gasteiger partial charge is 0.261 e. The van der Waals surface area contributed by atoms with Crippen LogP contribution in [0.4, 0.5) is 14.6 Å². The van der Waals surface area contributed by atoms with E-state index in [9.17, 15) is 13.6 Å². The average Bonchev–Trinajstić information content (AvgIpc) is 3.44. The van der Waals surface area contributed by atoms with Crippen LogP contribution in [-0.2, 0) is 5.54 Å². The summed E-state index contributed by atoms with van der Waals surface area (Å²) in [6.07, 6.45) is 7.88. The van der Waals surface area contributed by atoms with E-state index < -0.39 is 23.1 Å². The quantitative estimate of drug-likeness (QED) is 0.361. The molecule has 4 N–H and O–H groups in total. The van der Waals surface area contributed by atoms with Crippen LogP contribution in [0.15, 0.2) is 42.7 Å². The molecule has 1 amide bonds. The van der Waals surface area contributed by atoms with Gasteiger partial charge in [-0.2, -0.15) is 5.10 Å². The number of nitrogens with two attached hydrogens (primary N) is 1. The minimum atomic E-state index is -0.739. The number of nitrogen functional groups attached to an aromatic ring is 1. The van der Waals surface area contributed by atoms with Crippen molar-refractivity contribution in [1.82, 2.24) is 20.0 Å². The molecule has 0 radical (unpaired) electrons. The number of benzene rings is 1. The summed E-state index contributed by atoms with van der Waals surface area (Å²) in [4.78, 5) is 14.3. The second kappa shape index (κ2) is 8.22. The number of allylic oxidation sites excluding steroid dienone is 1. The standard InChI is InChI=1S/C23H26F2N6O/c1-14(30-10-3-9-23(30,2)18-12-16(24)6-7-19(18)25)8-11-31-21(27)17(13-28-31)22(32)29-20(26)15-4-5-15/h6-8,11-13,15H,1,3-5,9-10,27H2,2H3,(H2,26,29,32)/b11-8-/t23-/m1/s1. The van der Waals surface area contributed by atoms with Gasteiger partial charge in [0.2, 0.25) is 0 Å². The molecule has 2 heterocycles. The van der Waals surface area contributed by atoms with E-state index in [1.807, 2.05) is 11.8 Å². The van der Waals surface area contributed by atoms with Crippen molar-refractivity contribution in [3.63, 3.8) is 0 Å². The molecule has 1 aromatic heterocycles. The summed E-state index contributed by atoms with van der Waals surface area (Å²) in [5, 5.41) is 14.5. The highest BCUT2D eigenvalue weighted by Gasteiger charge is 2.40. The van der Waals surface area contributed by atoms with Gasteiger partial charge in [-0.15, -0.1) is 0 Å². The molecule has 1 atom stereocenters. The Morgan fingerprint density at radius 1 is 1.41 bits per heavy atom. The number of hydrogen-bond donors (Lipinski definition) is 3. The van der Waals surface area contributed by atoms with Crippen molar-refractivity contribution in [2.24, 2.45) is 5.92 Å². The van der Waals surface area contributed by atoms with E-state index in [1.165, 1.54) is 16.9 Å². The fourth-order valence-electron chi connectivity index (χ4n) is 4.19. The van der Waals surface area contributed by atoms with Gasteiger partial charge >= 0.3 is 0 Å². The highest BCUT2D eigenvalue weighted by atomic mass is 19.1.